The maximum absolute atomic E-state index is 12.3. The number of nitrogens with one attached hydrogen (secondary N) is 2. The first kappa shape index (κ1) is 19.2. The van der Waals surface area contributed by atoms with Crippen molar-refractivity contribution in [1.82, 2.24) is 10.6 Å². The summed E-state index contributed by atoms with van der Waals surface area (Å²) < 4.78 is 0. The summed E-state index contributed by atoms with van der Waals surface area (Å²) in [7, 11) is 0. The van der Waals surface area contributed by atoms with Gasteiger partial charge < -0.3 is 10.6 Å². The average molecular weight is 364 g/mol. The lowest BCUT2D eigenvalue weighted by atomic mass is 9.89. The van der Waals surface area contributed by atoms with Crippen LogP contribution in [-0.2, 0) is 28.9 Å². The second-order valence-corrected chi connectivity index (χ2v) is 7.16. The number of carbonyl (C=O) groups excluding carboxylic acids is 2. The van der Waals surface area contributed by atoms with Gasteiger partial charge in [0.15, 0.2) is 0 Å². The Bertz CT molecular complexity index is 786. The van der Waals surface area contributed by atoms with Crippen molar-refractivity contribution in [2.24, 2.45) is 0 Å². The summed E-state index contributed by atoms with van der Waals surface area (Å²) in [5.41, 5.74) is 5.03. The van der Waals surface area contributed by atoms with Gasteiger partial charge in [-0.05, 0) is 60.8 Å². The number of hydrogen-bond acceptors (Lipinski definition) is 2. The zero-order valence-electron chi connectivity index (χ0n) is 16.0. The van der Waals surface area contributed by atoms with Gasteiger partial charge in [0.05, 0.1) is 6.04 Å². The summed E-state index contributed by atoms with van der Waals surface area (Å²) in [6.07, 6.45) is 6.19. The minimum atomic E-state index is -0.567. The highest BCUT2D eigenvalue weighted by molar-refractivity contribution is 6.35. The van der Waals surface area contributed by atoms with E-state index in [-0.39, 0.29) is 6.04 Å². The molecule has 1 unspecified atom stereocenters. The van der Waals surface area contributed by atoms with Crippen molar-refractivity contribution in [3.63, 3.8) is 0 Å². The summed E-state index contributed by atoms with van der Waals surface area (Å²) in [6.45, 7) is 2.48. The quantitative estimate of drug-likeness (QED) is 0.771. The Morgan fingerprint density at radius 1 is 0.963 bits per heavy atom. The lowest BCUT2D eigenvalue weighted by Gasteiger charge is -2.21. The van der Waals surface area contributed by atoms with Gasteiger partial charge in [-0.2, -0.15) is 0 Å². The minimum Gasteiger partial charge on any atom is -0.348 e. The number of hydrogen-bond donors (Lipinski definition) is 2. The number of rotatable bonds is 6. The standard InChI is InChI=1S/C23H28N2O2/c1-2-21(20-13-12-18-10-6-7-11-19(18)16-20)25-23(27)22(26)24-15-14-17-8-4-3-5-9-17/h3-5,8-9,12-13,16,21H,2,6-7,10-11,14-15H2,1H3,(H,24,26)(H,25,27). The Balaban J connectivity index is 1.54. The van der Waals surface area contributed by atoms with Crippen LogP contribution in [0.25, 0.3) is 0 Å². The first-order valence-electron chi connectivity index (χ1n) is 9.91. The molecule has 2 aromatic rings. The molecule has 2 amide bonds. The van der Waals surface area contributed by atoms with Crippen molar-refractivity contribution >= 4 is 11.8 Å². The maximum Gasteiger partial charge on any atom is 0.309 e. The van der Waals surface area contributed by atoms with E-state index < -0.39 is 11.8 Å². The predicted molar refractivity (Wildman–Crippen MR) is 107 cm³/mol. The van der Waals surface area contributed by atoms with Crippen molar-refractivity contribution in [1.29, 1.82) is 0 Å². The highest BCUT2D eigenvalue weighted by Crippen LogP contribution is 2.26. The van der Waals surface area contributed by atoms with Gasteiger partial charge in [-0.1, -0.05) is 55.5 Å². The molecule has 0 fully saturated rings. The van der Waals surface area contributed by atoms with Crippen LogP contribution in [0, 0.1) is 0 Å². The Kier molecular flexibility index (Phi) is 6.64. The second kappa shape index (κ2) is 9.36. The molecule has 1 aliphatic rings. The molecule has 2 N–H and O–H groups in total. The third-order valence-electron chi connectivity index (χ3n) is 5.24. The summed E-state index contributed by atoms with van der Waals surface area (Å²) in [4.78, 5) is 24.4. The molecule has 3 rings (SSSR count). The molecule has 0 saturated carbocycles. The predicted octanol–water partition coefficient (Wildman–Crippen LogP) is 3.49. The number of benzene rings is 2. The van der Waals surface area contributed by atoms with Crippen LogP contribution in [0.3, 0.4) is 0 Å². The van der Waals surface area contributed by atoms with E-state index in [9.17, 15) is 9.59 Å². The van der Waals surface area contributed by atoms with Crippen LogP contribution in [0.15, 0.2) is 48.5 Å². The van der Waals surface area contributed by atoms with Crippen molar-refractivity contribution in [2.75, 3.05) is 6.54 Å². The first-order valence-corrected chi connectivity index (χ1v) is 9.91. The van der Waals surface area contributed by atoms with Crippen LogP contribution in [0.1, 0.15) is 54.5 Å². The Morgan fingerprint density at radius 2 is 1.70 bits per heavy atom. The molecule has 142 valence electrons. The molecule has 0 bridgehead atoms. The summed E-state index contributed by atoms with van der Waals surface area (Å²) in [5, 5.41) is 5.60. The lowest BCUT2D eigenvalue weighted by Crippen LogP contribution is -2.42. The van der Waals surface area contributed by atoms with Gasteiger partial charge in [0.25, 0.3) is 0 Å². The van der Waals surface area contributed by atoms with Crippen LogP contribution in [-0.4, -0.2) is 18.4 Å². The molecule has 0 aliphatic heterocycles. The molecule has 4 heteroatoms. The van der Waals surface area contributed by atoms with Crippen molar-refractivity contribution in [2.45, 2.75) is 51.5 Å². The topological polar surface area (TPSA) is 58.2 Å². The lowest BCUT2D eigenvalue weighted by molar-refractivity contribution is -0.139. The van der Waals surface area contributed by atoms with Gasteiger partial charge in [0.1, 0.15) is 0 Å². The average Bonchev–Trinajstić information content (AvgIpc) is 2.72. The summed E-state index contributed by atoms with van der Waals surface area (Å²) in [6, 6.07) is 16.2. The van der Waals surface area contributed by atoms with Crippen molar-refractivity contribution in [3.8, 4) is 0 Å². The third kappa shape index (κ3) is 5.19. The summed E-state index contributed by atoms with van der Waals surface area (Å²) >= 11 is 0. The Morgan fingerprint density at radius 3 is 2.44 bits per heavy atom. The smallest absolute Gasteiger partial charge is 0.309 e. The monoisotopic (exact) mass is 364 g/mol. The zero-order valence-corrected chi connectivity index (χ0v) is 16.0. The van der Waals surface area contributed by atoms with Crippen LogP contribution < -0.4 is 10.6 Å². The Hall–Kier alpha value is -2.62. The zero-order chi connectivity index (χ0) is 19.1. The van der Waals surface area contributed by atoms with E-state index in [1.54, 1.807) is 0 Å². The largest absolute Gasteiger partial charge is 0.348 e. The third-order valence-corrected chi connectivity index (χ3v) is 5.24. The van der Waals surface area contributed by atoms with E-state index in [1.807, 2.05) is 37.3 Å². The fourth-order valence-electron chi connectivity index (χ4n) is 3.66. The van der Waals surface area contributed by atoms with Crippen molar-refractivity contribution in [3.05, 3.63) is 70.8 Å². The normalized spacial score (nSPS) is 14.1. The van der Waals surface area contributed by atoms with Gasteiger partial charge in [0, 0.05) is 6.54 Å². The fourth-order valence-corrected chi connectivity index (χ4v) is 3.66. The molecular weight excluding hydrogens is 336 g/mol. The molecule has 1 atom stereocenters. The SMILES string of the molecule is CCC(NC(=O)C(=O)NCCc1ccccc1)c1ccc2c(c1)CCCC2. The van der Waals surface area contributed by atoms with E-state index >= 15 is 0 Å². The van der Waals surface area contributed by atoms with Crippen molar-refractivity contribution < 1.29 is 9.59 Å². The minimum absolute atomic E-state index is 0.135. The molecular formula is C23H28N2O2. The van der Waals surface area contributed by atoms with E-state index in [0.717, 1.165) is 30.4 Å². The van der Waals surface area contributed by atoms with E-state index in [4.69, 9.17) is 0 Å². The van der Waals surface area contributed by atoms with E-state index in [1.165, 1.54) is 24.0 Å². The van der Waals surface area contributed by atoms with Gasteiger partial charge >= 0.3 is 11.8 Å². The molecule has 2 aromatic carbocycles. The number of amides is 2. The van der Waals surface area contributed by atoms with Crippen LogP contribution in [0.4, 0.5) is 0 Å². The van der Waals surface area contributed by atoms with Gasteiger partial charge in [-0.3, -0.25) is 9.59 Å². The number of fused-ring (bicyclic) bond motifs is 1. The molecule has 0 saturated heterocycles. The molecule has 1 aliphatic carbocycles. The van der Waals surface area contributed by atoms with Gasteiger partial charge in [-0.15, -0.1) is 0 Å². The molecule has 0 heterocycles. The fraction of sp³-hybridized carbons (Fsp3) is 0.391. The highest BCUT2D eigenvalue weighted by atomic mass is 16.2. The molecule has 4 nitrogen and oxygen atoms in total. The van der Waals surface area contributed by atoms with Gasteiger partial charge in [0.2, 0.25) is 0 Å². The van der Waals surface area contributed by atoms with E-state index in [2.05, 4.69) is 28.8 Å². The van der Waals surface area contributed by atoms with Gasteiger partial charge in [-0.25, -0.2) is 0 Å². The van der Waals surface area contributed by atoms with Crippen LogP contribution in [0.2, 0.25) is 0 Å². The number of aryl methyl sites for hydroxylation is 2. The van der Waals surface area contributed by atoms with Crippen LogP contribution >= 0.6 is 0 Å². The molecule has 0 radical (unpaired) electrons. The highest BCUT2D eigenvalue weighted by Gasteiger charge is 2.20. The maximum atomic E-state index is 12.3. The molecule has 0 spiro atoms. The number of carbonyl (C=O) groups is 2. The summed E-state index contributed by atoms with van der Waals surface area (Å²) in [5.74, 6) is -1.13. The van der Waals surface area contributed by atoms with E-state index in [0.29, 0.717) is 13.0 Å². The molecule has 0 aromatic heterocycles. The first-order chi connectivity index (χ1) is 13.2. The Labute approximate surface area is 161 Å². The molecule has 27 heavy (non-hydrogen) atoms. The van der Waals surface area contributed by atoms with Crippen LogP contribution in [0.5, 0.6) is 0 Å². The second-order valence-electron chi connectivity index (χ2n) is 7.16.